The highest BCUT2D eigenvalue weighted by Crippen LogP contribution is 2.23. The zero-order valence-corrected chi connectivity index (χ0v) is 19.2. The lowest BCUT2D eigenvalue weighted by Crippen LogP contribution is -2.56. The molecule has 2 heterocycles. The average molecular weight is 462 g/mol. The molecule has 9 nitrogen and oxygen atoms in total. The lowest BCUT2D eigenvalue weighted by atomic mass is 10.0. The van der Waals surface area contributed by atoms with Crippen molar-refractivity contribution in [1.82, 2.24) is 20.2 Å². The van der Waals surface area contributed by atoms with E-state index < -0.39 is 17.7 Å². The first kappa shape index (κ1) is 23.6. The molecule has 1 aromatic carbocycles. The van der Waals surface area contributed by atoms with Crippen molar-refractivity contribution in [2.75, 3.05) is 31.1 Å². The van der Waals surface area contributed by atoms with E-state index in [9.17, 15) is 14.7 Å². The van der Waals surface area contributed by atoms with E-state index in [0.717, 1.165) is 5.56 Å². The van der Waals surface area contributed by atoms with Gasteiger partial charge in [-0.2, -0.15) is 0 Å². The first-order valence-corrected chi connectivity index (χ1v) is 10.8. The van der Waals surface area contributed by atoms with Crippen LogP contribution >= 0.6 is 11.6 Å². The minimum Gasteiger partial charge on any atom is -0.503 e. The number of halogens is 1. The minimum atomic E-state index is -0.787. The van der Waals surface area contributed by atoms with E-state index in [4.69, 9.17) is 16.3 Å². The van der Waals surface area contributed by atoms with Gasteiger partial charge in [-0.3, -0.25) is 4.79 Å². The monoisotopic (exact) mass is 461 g/mol. The number of hydrogen-bond donors (Lipinski definition) is 2. The summed E-state index contributed by atoms with van der Waals surface area (Å²) in [7, 11) is 0. The quantitative estimate of drug-likeness (QED) is 0.704. The van der Waals surface area contributed by atoms with Crippen molar-refractivity contribution >= 4 is 29.4 Å². The maximum atomic E-state index is 13.3. The van der Waals surface area contributed by atoms with Gasteiger partial charge < -0.3 is 25.0 Å². The molecule has 3 rings (SSSR count). The molecule has 2 aromatic rings. The molecule has 1 atom stereocenters. The van der Waals surface area contributed by atoms with Crippen molar-refractivity contribution in [3.63, 3.8) is 0 Å². The fourth-order valence-corrected chi connectivity index (χ4v) is 3.55. The summed E-state index contributed by atoms with van der Waals surface area (Å²) in [5.74, 6) is 0.244. The SMILES string of the molecule is CC(C)(C)OC(=O)NC(Cc1ccc(Cl)cc1)C(=O)N1CCN(c2ncncc2O)CC1. The summed E-state index contributed by atoms with van der Waals surface area (Å²) < 4.78 is 5.36. The van der Waals surface area contributed by atoms with Crippen LogP contribution in [0.25, 0.3) is 0 Å². The topological polar surface area (TPSA) is 108 Å². The molecule has 2 N–H and O–H groups in total. The summed E-state index contributed by atoms with van der Waals surface area (Å²) in [6, 6.07) is 6.37. The summed E-state index contributed by atoms with van der Waals surface area (Å²) >= 11 is 5.97. The molecule has 0 radical (unpaired) electrons. The van der Waals surface area contributed by atoms with Gasteiger partial charge in [-0.05, 0) is 38.5 Å². The molecule has 0 aliphatic carbocycles. The van der Waals surface area contributed by atoms with Gasteiger partial charge in [0.15, 0.2) is 11.6 Å². The summed E-state index contributed by atoms with van der Waals surface area (Å²) in [5, 5.41) is 13.3. The molecule has 2 amide bonds. The molecule has 1 aromatic heterocycles. The second-order valence-corrected chi connectivity index (χ2v) is 9.01. The van der Waals surface area contributed by atoms with E-state index in [0.29, 0.717) is 43.4 Å². The fraction of sp³-hybridized carbons (Fsp3) is 0.455. The van der Waals surface area contributed by atoms with Crippen LogP contribution in [0, 0.1) is 0 Å². The average Bonchev–Trinajstić information content (AvgIpc) is 2.73. The van der Waals surface area contributed by atoms with E-state index in [1.165, 1.54) is 12.5 Å². The molecular weight excluding hydrogens is 434 g/mol. The Kier molecular flexibility index (Phi) is 7.40. The van der Waals surface area contributed by atoms with E-state index in [2.05, 4.69) is 15.3 Å². The normalized spacial score (nSPS) is 15.2. The van der Waals surface area contributed by atoms with Crippen molar-refractivity contribution in [2.45, 2.75) is 38.8 Å². The van der Waals surface area contributed by atoms with Crippen LogP contribution in [0.4, 0.5) is 10.6 Å². The number of benzene rings is 1. The summed E-state index contributed by atoms with van der Waals surface area (Å²) in [5.41, 5.74) is 0.191. The number of rotatable bonds is 5. The van der Waals surface area contributed by atoms with Gasteiger partial charge in [-0.15, -0.1) is 0 Å². The molecule has 10 heteroatoms. The van der Waals surface area contributed by atoms with Crippen LogP contribution in [0.1, 0.15) is 26.3 Å². The predicted octanol–water partition coefficient (Wildman–Crippen LogP) is 2.62. The maximum Gasteiger partial charge on any atom is 0.408 e. The molecule has 1 saturated heterocycles. The summed E-state index contributed by atoms with van der Waals surface area (Å²) in [6.45, 7) is 7.15. The number of hydrogen-bond acceptors (Lipinski definition) is 7. The lowest BCUT2D eigenvalue weighted by molar-refractivity contribution is -0.133. The number of carbonyl (C=O) groups is 2. The van der Waals surface area contributed by atoms with Gasteiger partial charge in [-0.25, -0.2) is 14.8 Å². The number of nitrogens with one attached hydrogen (secondary N) is 1. The first-order valence-electron chi connectivity index (χ1n) is 10.4. The fourth-order valence-electron chi connectivity index (χ4n) is 3.42. The number of aromatic nitrogens is 2. The predicted molar refractivity (Wildman–Crippen MR) is 121 cm³/mol. The molecule has 1 unspecified atom stereocenters. The number of carbonyl (C=O) groups excluding carboxylic acids is 2. The van der Waals surface area contributed by atoms with Crippen LogP contribution in [0.15, 0.2) is 36.8 Å². The number of piperazine rings is 1. The summed E-state index contributed by atoms with van der Waals surface area (Å²) in [4.78, 5) is 37.2. The highest BCUT2D eigenvalue weighted by molar-refractivity contribution is 6.30. The first-order chi connectivity index (χ1) is 15.1. The largest absolute Gasteiger partial charge is 0.503 e. The molecule has 0 saturated carbocycles. The van der Waals surface area contributed by atoms with Crippen LogP contribution in [0.3, 0.4) is 0 Å². The van der Waals surface area contributed by atoms with E-state index in [1.807, 2.05) is 17.0 Å². The third-order valence-electron chi connectivity index (χ3n) is 4.91. The van der Waals surface area contributed by atoms with Crippen LogP contribution in [-0.4, -0.2) is 69.8 Å². The van der Waals surface area contributed by atoms with Gasteiger partial charge in [-0.1, -0.05) is 23.7 Å². The minimum absolute atomic E-state index is 0.000478. The van der Waals surface area contributed by atoms with Crippen molar-refractivity contribution < 1.29 is 19.4 Å². The van der Waals surface area contributed by atoms with Gasteiger partial charge in [0.05, 0.1) is 6.20 Å². The standard InChI is InChI=1S/C22H28ClN5O4/c1-22(2,3)32-21(31)26-17(12-15-4-6-16(23)7-5-15)20(30)28-10-8-27(9-11-28)19-18(29)13-24-14-25-19/h4-7,13-14,17,29H,8-12H2,1-3H3,(H,26,31). The highest BCUT2D eigenvalue weighted by atomic mass is 35.5. The third-order valence-corrected chi connectivity index (χ3v) is 5.16. The Bertz CT molecular complexity index is 940. The second kappa shape index (κ2) is 10.0. The Morgan fingerprint density at radius 1 is 1.19 bits per heavy atom. The zero-order valence-electron chi connectivity index (χ0n) is 18.4. The molecular formula is C22H28ClN5O4. The highest BCUT2D eigenvalue weighted by Gasteiger charge is 2.31. The second-order valence-electron chi connectivity index (χ2n) is 8.57. The number of alkyl carbamates (subject to hydrolysis) is 1. The number of aromatic hydroxyl groups is 1. The smallest absolute Gasteiger partial charge is 0.408 e. The molecule has 32 heavy (non-hydrogen) atoms. The van der Waals surface area contributed by atoms with Crippen molar-refractivity contribution in [1.29, 1.82) is 0 Å². The van der Waals surface area contributed by atoms with Gasteiger partial charge >= 0.3 is 6.09 Å². The zero-order chi connectivity index (χ0) is 23.3. The van der Waals surface area contributed by atoms with Gasteiger partial charge in [0.25, 0.3) is 0 Å². The van der Waals surface area contributed by atoms with Crippen molar-refractivity contribution in [2.24, 2.45) is 0 Å². The number of nitrogens with zero attached hydrogens (tertiary/aromatic N) is 4. The Balaban J connectivity index is 1.69. The van der Waals surface area contributed by atoms with Crippen molar-refractivity contribution in [3.8, 4) is 5.75 Å². The van der Waals surface area contributed by atoms with Gasteiger partial charge in [0, 0.05) is 37.6 Å². The Morgan fingerprint density at radius 3 is 2.44 bits per heavy atom. The van der Waals surface area contributed by atoms with E-state index in [-0.39, 0.29) is 11.7 Å². The van der Waals surface area contributed by atoms with E-state index in [1.54, 1.807) is 37.8 Å². The molecule has 1 aliphatic heterocycles. The van der Waals surface area contributed by atoms with Crippen LogP contribution in [0.2, 0.25) is 5.02 Å². The lowest BCUT2D eigenvalue weighted by Gasteiger charge is -2.37. The Hall–Kier alpha value is -3.07. The Labute approximate surface area is 192 Å². The van der Waals surface area contributed by atoms with Crippen LogP contribution in [0.5, 0.6) is 5.75 Å². The molecule has 0 bridgehead atoms. The third kappa shape index (κ3) is 6.46. The number of ether oxygens (including phenoxy) is 1. The molecule has 172 valence electrons. The van der Waals surface area contributed by atoms with E-state index >= 15 is 0 Å². The van der Waals surface area contributed by atoms with Crippen molar-refractivity contribution in [3.05, 3.63) is 47.4 Å². The molecule has 0 spiro atoms. The molecule has 1 fully saturated rings. The number of amides is 2. The maximum absolute atomic E-state index is 13.3. The van der Waals surface area contributed by atoms with Gasteiger partial charge in [0.1, 0.15) is 18.0 Å². The number of anilines is 1. The Morgan fingerprint density at radius 2 is 1.84 bits per heavy atom. The van der Waals surface area contributed by atoms with Crippen LogP contribution in [-0.2, 0) is 16.0 Å². The van der Waals surface area contributed by atoms with Gasteiger partial charge in [0.2, 0.25) is 5.91 Å². The molecule has 1 aliphatic rings. The van der Waals surface area contributed by atoms with Crippen LogP contribution < -0.4 is 10.2 Å². The summed E-state index contributed by atoms with van der Waals surface area (Å²) in [6.07, 6.45) is 2.38.